The average Bonchev–Trinajstić information content (AvgIpc) is 2.27. The highest BCUT2D eigenvalue weighted by atomic mass is 32.2. The Morgan fingerprint density at radius 2 is 1.79 bits per heavy atom. The van der Waals surface area contributed by atoms with Crippen LogP contribution in [0.25, 0.3) is 0 Å². The Bertz CT molecular complexity index is 296. The second-order valence-corrected chi connectivity index (χ2v) is 7.41. The number of aliphatic carboxylic acids is 1. The number of rotatable bonds is 7. The second kappa shape index (κ2) is 8.62. The maximum atomic E-state index is 12.1. The lowest BCUT2D eigenvalue weighted by molar-refractivity contribution is -0.138. The fraction of sp³-hybridized carbons (Fsp3) is 0.867. The molecule has 0 saturated heterocycles. The Balaban J connectivity index is 2.38. The molecule has 1 aliphatic rings. The molecule has 0 bridgehead atoms. The molecule has 1 aliphatic carbocycles. The van der Waals surface area contributed by atoms with E-state index in [1.54, 1.807) is 0 Å². The van der Waals surface area contributed by atoms with E-state index in [0.717, 1.165) is 19.3 Å². The van der Waals surface area contributed by atoms with E-state index in [1.807, 2.05) is 0 Å². The summed E-state index contributed by atoms with van der Waals surface area (Å²) in [5.74, 6) is -0.348. The minimum absolute atomic E-state index is 0.00101. The molecule has 0 aliphatic heterocycles. The molecule has 0 unspecified atom stereocenters. The number of carboxylic acids is 1. The van der Waals surface area contributed by atoms with Gasteiger partial charge in [0.1, 0.15) is 0 Å². The van der Waals surface area contributed by atoms with E-state index in [0.29, 0.717) is 17.6 Å². The molecular formula is C15H26O3S. The van der Waals surface area contributed by atoms with Gasteiger partial charge in [0.2, 0.25) is 0 Å². The molecule has 0 aromatic heterocycles. The van der Waals surface area contributed by atoms with Crippen molar-refractivity contribution in [1.29, 1.82) is 0 Å². The molecule has 1 N–H and O–H groups in total. The van der Waals surface area contributed by atoms with Crippen molar-refractivity contribution >= 4 is 22.8 Å². The standard InChI is InChI=1S/C15H26O3S/c1-11(2)8-12(9-14(16)17)10-15(18)19-13-6-4-3-5-7-13/h11-13H,3-10H2,1-2H3,(H,16,17)/t12-/m0/s1. The van der Waals surface area contributed by atoms with E-state index in [-0.39, 0.29) is 17.5 Å². The summed E-state index contributed by atoms with van der Waals surface area (Å²) in [6.45, 7) is 4.15. The van der Waals surface area contributed by atoms with Gasteiger partial charge in [-0.05, 0) is 31.1 Å². The summed E-state index contributed by atoms with van der Waals surface area (Å²) < 4.78 is 0. The van der Waals surface area contributed by atoms with Gasteiger partial charge in [0.15, 0.2) is 5.12 Å². The van der Waals surface area contributed by atoms with E-state index in [1.165, 1.54) is 31.0 Å². The first-order valence-corrected chi connectivity index (χ1v) is 8.26. The molecule has 110 valence electrons. The molecule has 19 heavy (non-hydrogen) atoms. The van der Waals surface area contributed by atoms with Gasteiger partial charge < -0.3 is 5.11 Å². The maximum Gasteiger partial charge on any atom is 0.303 e. The Morgan fingerprint density at radius 1 is 1.16 bits per heavy atom. The summed E-state index contributed by atoms with van der Waals surface area (Å²) in [4.78, 5) is 22.9. The van der Waals surface area contributed by atoms with E-state index >= 15 is 0 Å². The fourth-order valence-electron chi connectivity index (χ4n) is 2.81. The number of carbonyl (C=O) groups is 2. The lowest BCUT2D eigenvalue weighted by Gasteiger charge is -2.21. The summed E-state index contributed by atoms with van der Waals surface area (Å²) in [7, 11) is 0. The number of thioether (sulfide) groups is 1. The third kappa shape index (κ3) is 7.61. The van der Waals surface area contributed by atoms with Gasteiger partial charge in [-0.2, -0.15) is 0 Å². The lowest BCUT2D eigenvalue weighted by atomic mass is 9.92. The van der Waals surface area contributed by atoms with Crippen LogP contribution in [0.15, 0.2) is 0 Å². The van der Waals surface area contributed by atoms with Crippen molar-refractivity contribution in [2.24, 2.45) is 11.8 Å². The molecule has 1 fully saturated rings. The van der Waals surface area contributed by atoms with Gasteiger partial charge in [-0.25, -0.2) is 0 Å². The van der Waals surface area contributed by atoms with Crippen molar-refractivity contribution in [2.75, 3.05) is 0 Å². The zero-order valence-electron chi connectivity index (χ0n) is 12.1. The van der Waals surface area contributed by atoms with Crippen molar-refractivity contribution in [3.05, 3.63) is 0 Å². The van der Waals surface area contributed by atoms with Gasteiger partial charge in [-0.1, -0.05) is 44.9 Å². The first-order chi connectivity index (χ1) is 8.97. The van der Waals surface area contributed by atoms with Gasteiger partial charge in [0, 0.05) is 18.1 Å². The van der Waals surface area contributed by atoms with E-state index in [2.05, 4.69) is 13.8 Å². The maximum absolute atomic E-state index is 12.1. The summed E-state index contributed by atoms with van der Waals surface area (Å²) in [5, 5.41) is 9.58. The van der Waals surface area contributed by atoms with Gasteiger partial charge in [0.05, 0.1) is 0 Å². The summed E-state index contributed by atoms with van der Waals surface area (Å²) in [6, 6.07) is 0. The van der Waals surface area contributed by atoms with Crippen LogP contribution in [0.5, 0.6) is 0 Å². The third-order valence-corrected chi connectivity index (χ3v) is 4.81. The summed E-state index contributed by atoms with van der Waals surface area (Å²) in [6.07, 6.45) is 7.41. The Kier molecular flexibility index (Phi) is 7.51. The molecule has 1 atom stereocenters. The van der Waals surface area contributed by atoms with Crippen LogP contribution in [0, 0.1) is 11.8 Å². The second-order valence-electron chi connectivity index (χ2n) is 6.05. The molecule has 0 spiro atoms. The minimum atomic E-state index is -0.791. The van der Waals surface area contributed by atoms with Crippen molar-refractivity contribution in [1.82, 2.24) is 0 Å². The normalized spacial score (nSPS) is 18.5. The Labute approximate surface area is 120 Å². The largest absolute Gasteiger partial charge is 0.481 e. The molecule has 1 saturated carbocycles. The van der Waals surface area contributed by atoms with Crippen molar-refractivity contribution in [2.45, 2.75) is 70.5 Å². The van der Waals surface area contributed by atoms with E-state index < -0.39 is 5.97 Å². The first-order valence-electron chi connectivity index (χ1n) is 7.38. The van der Waals surface area contributed by atoms with Crippen LogP contribution in [0.3, 0.4) is 0 Å². The molecule has 0 heterocycles. The molecule has 0 aromatic rings. The summed E-state index contributed by atoms with van der Waals surface area (Å²) >= 11 is 1.47. The lowest BCUT2D eigenvalue weighted by Crippen LogP contribution is -2.16. The number of hydrogen-bond acceptors (Lipinski definition) is 3. The van der Waals surface area contributed by atoms with E-state index in [4.69, 9.17) is 5.11 Å². The highest BCUT2D eigenvalue weighted by molar-refractivity contribution is 8.14. The predicted molar refractivity (Wildman–Crippen MR) is 79.3 cm³/mol. The number of carbonyl (C=O) groups excluding carboxylic acids is 1. The van der Waals surface area contributed by atoms with Crippen molar-refractivity contribution in [3.8, 4) is 0 Å². The Morgan fingerprint density at radius 3 is 2.32 bits per heavy atom. The average molecular weight is 286 g/mol. The SMILES string of the molecule is CC(C)C[C@@H](CC(=O)O)CC(=O)SC1CCCCC1. The monoisotopic (exact) mass is 286 g/mol. The van der Waals surface area contributed by atoms with Crippen molar-refractivity contribution in [3.63, 3.8) is 0 Å². The predicted octanol–water partition coefficient (Wildman–Crippen LogP) is 4.11. The third-order valence-electron chi connectivity index (χ3n) is 3.57. The first kappa shape index (κ1) is 16.5. The van der Waals surface area contributed by atoms with Crippen LogP contribution in [-0.2, 0) is 9.59 Å². The molecule has 3 nitrogen and oxygen atoms in total. The number of hydrogen-bond donors (Lipinski definition) is 1. The van der Waals surface area contributed by atoms with Crippen LogP contribution in [-0.4, -0.2) is 21.4 Å². The van der Waals surface area contributed by atoms with Gasteiger partial charge in [-0.15, -0.1) is 0 Å². The zero-order valence-corrected chi connectivity index (χ0v) is 12.9. The molecule has 0 amide bonds. The van der Waals surface area contributed by atoms with Crippen LogP contribution in [0.1, 0.15) is 65.2 Å². The molecule has 4 heteroatoms. The Hall–Kier alpha value is -0.510. The van der Waals surface area contributed by atoms with E-state index in [9.17, 15) is 9.59 Å². The molecule has 0 aromatic carbocycles. The molecular weight excluding hydrogens is 260 g/mol. The van der Waals surface area contributed by atoms with Gasteiger partial charge in [-0.3, -0.25) is 9.59 Å². The van der Waals surface area contributed by atoms with Gasteiger partial charge in [0.25, 0.3) is 0 Å². The smallest absolute Gasteiger partial charge is 0.303 e. The van der Waals surface area contributed by atoms with Crippen LogP contribution in [0.4, 0.5) is 0 Å². The van der Waals surface area contributed by atoms with Crippen molar-refractivity contribution < 1.29 is 14.7 Å². The number of carboxylic acid groups (broad SMARTS) is 1. The zero-order chi connectivity index (χ0) is 14.3. The molecule has 1 rings (SSSR count). The highest BCUT2D eigenvalue weighted by Gasteiger charge is 2.22. The minimum Gasteiger partial charge on any atom is -0.481 e. The molecule has 0 radical (unpaired) electrons. The quantitative estimate of drug-likeness (QED) is 0.765. The van der Waals surface area contributed by atoms with Crippen LogP contribution in [0.2, 0.25) is 0 Å². The van der Waals surface area contributed by atoms with Crippen LogP contribution >= 0.6 is 11.8 Å². The fourth-order valence-corrected chi connectivity index (χ4v) is 4.08. The highest BCUT2D eigenvalue weighted by Crippen LogP contribution is 2.31. The van der Waals surface area contributed by atoms with Crippen LogP contribution < -0.4 is 0 Å². The van der Waals surface area contributed by atoms with Gasteiger partial charge >= 0.3 is 5.97 Å². The summed E-state index contributed by atoms with van der Waals surface area (Å²) in [5.41, 5.74) is 0. The topological polar surface area (TPSA) is 54.4 Å².